The van der Waals surface area contributed by atoms with Crippen molar-refractivity contribution >= 4 is 34.8 Å². The van der Waals surface area contributed by atoms with Crippen LogP contribution in [0.4, 0.5) is 17.1 Å². The second kappa shape index (κ2) is 8.43. The maximum absolute atomic E-state index is 12.3. The molecule has 2 aromatic rings. The van der Waals surface area contributed by atoms with E-state index in [4.69, 9.17) is 9.47 Å². The molecule has 0 radical (unpaired) electrons. The predicted octanol–water partition coefficient (Wildman–Crippen LogP) is 2.41. The van der Waals surface area contributed by atoms with Crippen molar-refractivity contribution in [2.75, 3.05) is 36.3 Å². The molecule has 0 bridgehead atoms. The van der Waals surface area contributed by atoms with Crippen molar-refractivity contribution in [3.63, 3.8) is 0 Å². The van der Waals surface area contributed by atoms with Gasteiger partial charge in [0.25, 0.3) is 0 Å². The molecular weight excluding hydrogens is 362 g/mol. The zero-order valence-corrected chi connectivity index (χ0v) is 15.7. The summed E-state index contributed by atoms with van der Waals surface area (Å²) in [5.74, 6) is -0.730. The summed E-state index contributed by atoms with van der Waals surface area (Å²) in [6.07, 6.45) is 1.32. The highest BCUT2D eigenvalue weighted by molar-refractivity contribution is 6.43. The van der Waals surface area contributed by atoms with E-state index in [2.05, 4.69) is 10.6 Å². The van der Waals surface area contributed by atoms with E-state index in [0.29, 0.717) is 41.5 Å². The molecule has 0 aromatic heterocycles. The van der Waals surface area contributed by atoms with Crippen LogP contribution in [0.1, 0.15) is 12.8 Å². The van der Waals surface area contributed by atoms with Gasteiger partial charge in [-0.2, -0.15) is 0 Å². The Morgan fingerprint density at radius 1 is 1.00 bits per heavy atom. The van der Waals surface area contributed by atoms with Gasteiger partial charge in [-0.25, -0.2) is 0 Å². The van der Waals surface area contributed by atoms with E-state index in [1.165, 1.54) is 14.2 Å². The molecule has 8 nitrogen and oxygen atoms in total. The number of methoxy groups -OCH3 is 2. The number of hydrogen-bond donors (Lipinski definition) is 2. The van der Waals surface area contributed by atoms with Crippen molar-refractivity contribution in [2.24, 2.45) is 0 Å². The molecule has 3 rings (SSSR count). The van der Waals surface area contributed by atoms with Gasteiger partial charge in [0.1, 0.15) is 11.5 Å². The van der Waals surface area contributed by atoms with E-state index < -0.39 is 11.8 Å². The standard InChI is InChI=1S/C20H21N3O5/c1-27-15-8-9-17(28-2)16(12-15)22-20(26)19(25)21-13-5-3-6-14(11-13)23-10-4-7-18(23)24/h3,5-6,8-9,11-12H,4,7,10H2,1-2H3,(H,21,25)(H,22,26). The molecule has 0 unspecified atom stereocenters. The molecule has 1 aliphatic heterocycles. The maximum Gasteiger partial charge on any atom is 0.314 e. The molecule has 0 atom stereocenters. The third-order valence-electron chi connectivity index (χ3n) is 4.35. The first kappa shape index (κ1) is 19.2. The van der Waals surface area contributed by atoms with E-state index in [1.807, 2.05) is 0 Å². The lowest BCUT2D eigenvalue weighted by molar-refractivity contribution is -0.133. The second-order valence-corrected chi connectivity index (χ2v) is 6.17. The quantitative estimate of drug-likeness (QED) is 0.773. The van der Waals surface area contributed by atoms with Gasteiger partial charge < -0.3 is 25.0 Å². The van der Waals surface area contributed by atoms with Gasteiger partial charge in [-0.3, -0.25) is 14.4 Å². The van der Waals surface area contributed by atoms with Gasteiger partial charge in [0, 0.05) is 30.4 Å². The predicted molar refractivity (Wildman–Crippen MR) is 105 cm³/mol. The fourth-order valence-corrected chi connectivity index (χ4v) is 2.95. The van der Waals surface area contributed by atoms with Crippen molar-refractivity contribution in [2.45, 2.75) is 12.8 Å². The monoisotopic (exact) mass is 383 g/mol. The smallest absolute Gasteiger partial charge is 0.314 e. The Labute approximate surface area is 162 Å². The van der Waals surface area contributed by atoms with E-state index in [1.54, 1.807) is 47.4 Å². The molecule has 2 aromatic carbocycles. The molecule has 0 aliphatic carbocycles. The third kappa shape index (κ3) is 4.22. The minimum atomic E-state index is -0.853. The first-order valence-electron chi connectivity index (χ1n) is 8.76. The van der Waals surface area contributed by atoms with Gasteiger partial charge in [-0.05, 0) is 36.8 Å². The van der Waals surface area contributed by atoms with Gasteiger partial charge in [-0.1, -0.05) is 6.07 Å². The number of carbonyl (C=O) groups excluding carboxylic acids is 3. The van der Waals surface area contributed by atoms with Gasteiger partial charge in [0.05, 0.1) is 19.9 Å². The highest BCUT2D eigenvalue weighted by atomic mass is 16.5. The van der Waals surface area contributed by atoms with Crippen molar-refractivity contribution < 1.29 is 23.9 Å². The van der Waals surface area contributed by atoms with Crippen LogP contribution in [0.3, 0.4) is 0 Å². The molecule has 8 heteroatoms. The summed E-state index contributed by atoms with van der Waals surface area (Å²) < 4.78 is 10.3. The molecular formula is C20H21N3O5. The molecule has 1 aliphatic rings. The number of benzene rings is 2. The number of hydrogen-bond acceptors (Lipinski definition) is 5. The van der Waals surface area contributed by atoms with E-state index >= 15 is 0 Å². The molecule has 1 heterocycles. The summed E-state index contributed by atoms with van der Waals surface area (Å²) in [5.41, 5.74) is 1.43. The Morgan fingerprint density at radius 2 is 1.79 bits per heavy atom. The van der Waals surface area contributed by atoms with Crippen LogP contribution in [0, 0.1) is 0 Å². The van der Waals surface area contributed by atoms with Crippen LogP contribution in [0.2, 0.25) is 0 Å². The third-order valence-corrected chi connectivity index (χ3v) is 4.35. The lowest BCUT2D eigenvalue weighted by Crippen LogP contribution is -2.29. The average molecular weight is 383 g/mol. The van der Waals surface area contributed by atoms with Crippen LogP contribution < -0.4 is 25.0 Å². The largest absolute Gasteiger partial charge is 0.497 e. The molecule has 2 N–H and O–H groups in total. The molecule has 3 amide bonds. The summed E-state index contributed by atoms with van der Waals surface area (Å²) in [6.45, 7) is 0.645. The topological polar surface area (TPSA) is 97.0 Å². The van der Waals surface area contributed by atoms with Crippen LogP contribution in [0.25, 0.3) is 0 Å². The van der Waals surface area contributed by atoms with Crippen LogP contribution >= 0.6 is 0 Å². The highest BCUT2D eigenvalue weighted by Crippen LogP contribution is 2.29. The Hall–Kier alpha value is -3.55. The number of amides is 3. The first-order chi connectivity index (χ1) is 13.5. The Kier molecular flexibility index (Phi) is 5.78. The van der Waals surface area contributed by atoms with Crippen molar-refractivity contribution in [3.8, 4) is 11.5 Å². The lowest BCUT2D eigenvalue weighted by Gasteiger charge is -2.17. The molecule has 1 saturated heterocycles. The number of carbonyl (C=O) groups is 3. The fourth-order valence-electron chi connectivity index (χ4n) is 2.95. The van der Waals surface area contributed by atoms with E-state index in [9.17, 15) is 14.4 Å². The van der Waals surface area contributed by atoms with Crippen molar-refractivity contribution in [1.82, 2.24) is 0 Å². The molecule has 146 valence electrons. The fraction of sp³-hybridized carbons (Fsp3) is 0.250. The van der Waals surface area contributed by atoms with Crippen molar-refractivity contribution in [1.29, 1.82) is 0 Å². The van der Waals surface area contributed by atoms with Crippen molar-refractivity contribution in [3.05, 3.63) is 42.5 Å². The minimum absolute atomic E-state index is 0.0475. The SMILES string of the molecule is COc1ccc(OC)c(NC(=O)C(=O)Nc2cccc(N3CCCC3=O)c2)c1. The number of nitrogens with one attached hydrogen (secondary N) is 2. The molecule has 28 heavy (non-hydrogen) atoms. The second-order valence-electron chi connectivity index (χ2n) is 6.17. The summed E-state index contributed by atoms with van der Waals surface area (Å²) >= 11 is 0. The number of nitrogens with zero attached hydrogens (tertiary/aromatic N) is 1. The minimum Gasteiger partial charge on any atom is -0.497 e. The Balaban J connectivity index is 1.70. The van der Waals surface area contributed by atoms with Gasteiger partial charge >= 0.3 is 11.8 Å². The van der Waals surface area contributed by atoms with E-state index in [-0.39, 0.29) is 5.91 Å². The number of anilines is 3. The molecule has 0 saturated carbocycles. The maximum atomic E-state index is 12.3. The van der Waals surface area contributed by atoms with Gasteiger partial charge in [0.2, 0.25) is 5.91 Å². The molecule has 0 spiro atoms. The van der Waals surface area contributed by atoms with Gasteiger partial charge in [0.15, 0.2) is 0 Å². The summed E-state index contributed by atoms with van der Waals surface area (Å²) in [5, 5.41) is 5.06. The highest BCUT2D eigenvalue weighted by Gasteiger charge is 2.22. The number of rotatable bonds is 5. The van der Waals surface area contributed by atoms with Gasteiger partial charge in [-0.15, -0.1) is 0 Å². The van der Waals surface area contributed by atoms with Crippen LogP contribution in [-0.4, -0.2) is 38.5 Å². The lowest BCUT2D eigenvalue weighted by atomic mass is 10.2. The summed E-state index contributed by atoms with van der Waals surface area (Å²) in [6, 6.07) is 11.7. The molecule has 1 fully saturated rings. The van der Waals surface area contributed by atoms with Crippen LogP contribution in [0.5, 0.6) is 11.5 Å². The Morgan fingerprint density at radius 3 is 2.46 bits per heavy atom. The van der Waals surface area contributed by atoms with Crippen LogP contribution in [0.15, 0.2) is 42.5 Å². The first-order valence-corrected chi connectivity index (χ1v) is 8.76. The van der Waals surface area contributed by atoms with E-state index in [0.717, 1.165) is 6.42 Å². The summed E-state index contributed by atoms with van der Waals surface area (Å²) in [7, 11) is 2.96. The average Bonchev–Trinajstić information content (AvgIpc) is 3.14. The zero-order valence-electron chi connectivity index (χ0n) is 15.7. The number of ether oxygens (including phenoxy) is 2. The Bertz CT molecular complexity index is 912. The van der Waals surface area contributed by atoms with Crippen LogP contribution in [-0.2, 0) is 14.4 Å². The summed E-state index contributed by atoms with van der Waals surface area (Å²) in [4.78, 5) is 38.1. The normalized spacial score (nSPS) is 13.2. The zero-order chi connectivity index (χ0) is 20.1.